The first-order valence-corrected chi connectivity index (χ1v) is 10.8. The summed E-state index contributed by atoms with van der Waals surface area (Å²) in [5.74, 6) is -4.11. The molecule has 1 aliphatic heterocycles. The van der Waals surface area contributed by atoms with E-state index >= 15 is 0 Å². The van der Waals surface area contributed by atoms with E-state index in [9.17, 15) is 29.3 Å². The van der Waals surface area contributed by atoms with Crippen LogP contribution in [0.2, 0.25) is 0 Å². The minimum Gasteiger partial charge on any atom is -0.454 e. The van der Waals surface area contributed by atoms with Crippen molar-refractivity contribution in [1.82, 2.24) is 4.90 Å². The second kappa shape index (κ2) is 8.32. The number of esters is 1. The second-order valence-corrected chi connectivity index (χ2v) is 9.24. The van der Waals surface area contributed by atoms with Gasteiger partial charge in [-0.3, -0.25) is 34.2 Å². The summed E-state index contributed by atoms with van der Waals surface area (Å²) < 4.78 is 4.89. The van der Waals surface area contributed by atoms with Crippen molar-refractivity contribution >= 4 is 58.3 Å². The van der Waals surface area contributed by atoms with Crippen LogP contribution in [0.1, 0.15) is 12.0 Å². The molecule has 3 amide bonds. The summed E-state index contributed by atoms with van der Waals surface area (Å²) in [5.41, 5.74) is 0.435. The maximum atomic E-state index is 12.7. The molecule has 0 spiro atoms. The SMILES string of the molecule is Cc1ccc(NC(=O)COC(=O)CN2C(=O)[C@@H]3[C@H]4C[C@@H]([C@H](Cl)[C@H]4Cl)[C@H]3C2=O)cc1[N+](=O)[O-]. The first-order chi connectivity index (χ1) is 15.1. The van der Waals surface area contributed by atoms with Crippen molar-refractivity contribution in [3.63, 3.8) is 0 Å². The number of fused-ring (bicyclic) bond motifs is 5. The summed E-state index contributed by atoms with van der Waals surface area (Å²) in [7, 11) is 0. The summed E-state index contributed by atoms with van der Waals surface area (Å²) in [4.78, 5) is 61.0. The molecule has 3 aliphatic rings. The predicted octanol–water partition coefficient (Wildman–Crippen LogP) is 1.85. The van der Waals surface area contributed by atoms with Gasteiger partial charge in [-0.25, -0.2) is 0 Å². The summed E-state index contributed by atoms with van der Waals surface area (Å²) >= 11 is 12.6. The topological polar surface area (TPSA) is 136 Å². The fourth-order valence-corrected chi connectivity index (χ4v) is 5.86. The third kappa shape index (κ3) is 3.71. The quantitative estimate of drug-likeness (QED) is 0.214. The van der Waals surface area contributed by atoms with E-state index < -0.39 is 64.4 Å². The molecule has 2 aliphatic carbocycles. The summed E-state index contributed by atoms with van der Waals surface area (Å²) in [5, 5.41) is 12.6. The highest BCUT2D eigenvalue weighted by atomic mass is 35.5. The van der Waals surface area contributed by atoms with Gasteiger partial charge in [0.05, 0.1) is 27.5 Å². The average Bonchev–Trinajstić information content (AvgIpc) is 3.34. The zero-order chi connectivity index (χ0) is 23.3. The molecule has 6 atom stereocenters. The van der Waals surface area contributed by atoms with Crippen molar-refractivity contribution in [2.45, 2.75) is 24.1 Å². The molecule has 12 heteroatoms. The van der Waals surface area contributed by atoms with Crippen molar-refractivity contribution < 1.29 is 28.8 Å². The zero-order valence-corrected chi connectivity index (χ0v) is 18.3. The molecule has 2 bridgehead atoms. The van der Waals surface area contributed by atoms with Crippen LogP contribution >= 0.6 is 23.2 Å². The number of aryl methyl sites for hydroxylation is 1. The van der Waals surface area contributed by atoms with Crippen LogP contribution in [0, 0.1) is 40.7 Å². The molecule has 0 unspecified atom stereocenters. The van der Waals surface area contributed by atoms with Crippen LogP contribution in [0.25, 0.3) is 0 Å². The van der Waals surface area contributed by atoms with Crippen molar-refractivity contribution in [2.24, 2.45) is 23.7 Å². The summed E-state index contributed by atoms with van der Waals surface area (Å²) in [6.07, 6.45) is 0.616. The lowest BCUT2D eigenvalue weighted by Gasteiger charge is -2.28. The largest absolute Gasteiger partial charge is 0.454 e. The van der Waals surface area contributed by atoms with Gasteiger partial charge < -0.3 is 10.1 Å². The molecule has 1 aromatic rings. The number of carbonyl (C=O) groups excluding carboxylic acids is 4. The van der Waals surface area contributed by atoms with E-state index in [0.29, 0.717) is 12.0 Å². The van der Waals surface area contributed by atoms with E-state index in [1.54, 1.807) is 6.92 Å². The van der Waals surface area contributed by atoms with Gasteiger partial charge in [0.2, 0.25) is 11.8 Å². The molecule has 4 rings (SSSR count). The fraction of sp³-hybridized carbons (Fsp3) is 0.500. The zero-order valence-electron chi connectivity index (χ0n) is 16.8. The van der Waals surface area contributed by atoms with Crippen LogP contribution < -0.4 is 5.32 Å². The van der Waals surface area contributed by atoms with Gasteiger partial charge >= 0.3 is 5.97 Å². The Morgan fingerprint density at radius 3 is 2.34 bits per heavy atom. The number of nitrogens with one attached hydrogen (secondary N) is 1. The minimum atomic E-state index is -0.922. The number of nitro groups is 1. The van der Waals surface area contributed by atoms with Crippen LogP contribution in [0.15, 0.2) is 18.2 Å². The molecule has 10 nitrogen and oxygen atoms in total. The van der Waals surface area contributed by atoms with E-state index in [2.05, 4.69) is 5.32 Å². The van der Waals surface area contributed by atoms with Crippen LogP contribution in [0.3, 0.4) is 0 Å². The highest BCUT2D eigenvalue weighted by Gasteiger charge is 2.66. The Bertz CT molecular complexity index is 1000. The summed E-state index contributed by atoms with van der Waals surface area (Å²) in [6, 6.07) is 4.15. The maximum absolute atomic E-state index is 12.7. The van der Waals surface area contributed by atoms with Gasteiger partial charge in [0.1, 0.15) is 6.54 Å². The molecule has 32 heavy (non-hydrogen) atoms. The van der Waals surface area contributed by atoms with Gasteiger partial charge in [-0.2, -0.15) is 0 Å². The molecule has 1 N–H and O–H groups in total. The van der Waals surface area contributed by atoms with E-state index in [1.807, 2.05) is 0 Å². The minimum absolute atomic E-state index is 0.163. The Hall–Kier alpha value is -2.72. The number of imide groups is 1. The molecule has 170 valence electrons. The first-order valence-electron chi connectivity index (χ1n) is 9.94. The predicted molar refractivity (Wildman–Crippen MR) is 112 cm³/mol. The molecule has 1 saturated heterocycles. The van der Waals surface area contributed by atoms with E-state index in [-0.39, 0.29) is 23.2 Å². The molecular formula is C20H19Cl2N3O7. The van der Waals surface area contributed by atoms with Crippen LogP contribution in [0.5, 0.6) is 0 Å². The average molecular weight is 484 g/mol. The normalized spacial score (nSPS) is 30.4. The van der Waals surface area contributed by atoms with E-state index in [1.165, 1.54) is 18.2 Å². The maximum Gasteiger partial charge on any atom is 0.326 e. The fourth-order valence-electron chi connectivity index (χ4n) is 4.97. The molecule has 2 saturated carbocycles. The van der Waals surface area contributed by atoms with Gasteiger partial charge in [0, 0.05) is 17.3 Å². The van der Waals surface area contributed by atoms with Gasteiger partial charge in [-0.1, -0.05) is 6.07 Å². The van der Waals surface area contributed by atoms with Crippen molar-refractivity contribution in [3.05, 3.63) is 33.9 Å². The molecule has 1 heterocycles. The lowest BCUT2D eigenvalue weighted by molar-refractivity contribution is -0.385. The van der Waals surface area contributed by atoms with Gasteiger partial charge in [0.15, 0.2) is 6.61 Å². The lowest BCUT2D eigenvalue weighted by atomic mass is 9.80. The van der Waals surface area contributed by atoms with Crippen molar-refractivity contribution in [2.75, 3.05) is 18.5 Å². The van der Waals surface area contributed by atoms with Crippen molar-refractivity contribution in [3.8, 4) is 0 Å². The first kappa shape index (κ1) is 22.5. The third-order valence-corrected chi connectivity index (χ3v) is 7.74. The van der Waals surface area contributed by atoms with Gasteiger partial charge in [-0.05, 0) is 31.2 Å². The number of hydrogen-bond donors (Lipinski definition) is 1. The number of alkyl halides is 2. The Morgan fingerprint density at radius 1 is 1.19 bits per heavy atom. The van der Waals surface area contributed by atoms with Crippen LogP contribution in [-0.2, 0) is 23.9 Å². The van der Waals surface area contributed by atoms with Gasteiger partial charge in [0.25, 0.3) is 11.6 Å². The number of anilines is 1. The van der Waals surface area contributed by atoms with Crippen molar-refractivity contribution in [1.29, 1.82) is 0 Å². The van der Waals surface area contributed by atoms with E-state index in [4.69, 9.17) is 27.9 Å². The molecule has 0 radical (unpaired) electrons. The molecular weight excluding hydrogens is 465 g/mol. The lowest BCUT2D eigenvalue weighted by Crippen LogP contribution is -2.38. The third-order valence-electron chi connectivity index (χ3n) is 6.42. The van der Waals surface area contributed by atoms with Crippen LogP contribution in [0.4, 0.5) is 11.4 Å². The molecule has 1 aromatic carbocycles. The number of nitro benzene ring substituents is 1. The number of rotatable bonds is 6. The Balaban J connectivity index is 1.32. The smallest absolute Gasteiger partial charge is 0.326 e. The second-order valence-electron chi connectivity index (χ2n) is 8.23. The van der Waals surface area contributed by atoms with Crippen LogP contribution in [-0.4, -0.2) is 57.4 Å². The number of carbonyl (C=O) groups is 4. The Morgan fingerprint density at radius 2 is 1.78 bits per heavy atom. The number of halogens is 2. The number of ether oxygens (including phenoxy) is 1. The Labute approximate surface area is 192 Å². The number of likely N-dealkylation sites (tertiary alicyclic amines) is 1. The van der Waals surface area contributed by atoms with E-state index in [0.717, 1.165) is 4.90 Å². The number of nitrogens with zero attached hydrogens (tertiary/aromatic N) is 2. The molecule has 0 aromatic heterocycles. The highest BCUT2D eigenvalue weighted by Crippen LogP contribution is 2.59. The van der Waals surface area contributed by atoms with Gasteiger partial charge in [-0.15, -0.1) is 23.2 Å². The standard InChI is InChI=1S/C20H19Cl2N3O7/c1-8-2-3-9(4-12(8)25(30)31)23-13(26)7-32-14(27)6-24-19(28)15-10-5-11(16(15)20(24)29)18(22)17(10)21/h2-4,10-11,15-18H,5-7H2,1H3,(H,23,26)/t10-,11-,15-,16-,17+,18+/m1/s1. The Kier molecular flexibility index (Phi) is 5.85. The summed E-state index contributed by atoms with van der Waals surface area (Å²) in [6.45, 7) is 0.280. The monoisotopic (exact) mass is 483 g/mol. The molecule has 3 fully saturated rings. The highest BCUT2D eigenvalue weighted by molar-refractivity contribution is 6.31. The number of amides is 3. The number of benzene rings is 1. The number of hydrogen-bond acceptors (Lipinski definition) is 7.